The van der Waals surface area contributed by atoms with E-state index in [4.69, 9.17) is 11.6 Å². The lowest BCUT2D eigenvalue weighted by Gasteiger charge is -2.25. The minimum Gasteiger partial charge on any atom is -0.341 e. The summed E-state index contributed by atoms with van der Waals surface area (Å²) < 4.78 is 2.00. The number of aryl methyl sites for hydroxylation is 3. The summed E-state index contributed by atoms with van der Waals surface area (Å²) in [6, 6.07) is 15.1. The van der Waals surface area contributed by atoms with Crippen molar-refractivity contribution in [2.45, 2.75) is 53.5 Å². The summed E-state index contributed by atoms with van der Waals surface area (Å²) in [7, 11) is 0. The van der Waals surface area contributed by atoms with Gasteiger partial charge in [0.2, 0.25) is 0 Å². The van der Waals surface area contributed by atoms with Gasteiger partial charge in [-0.05, 0) is 56.4 Å². The van der Waals surface area contributed by atoms with Crippen LogP contribution in [0.2, 0.25) is 5.02 Å². The standard InChI is InChI=1S/C26H29ClN2O2/c1-6-19-11-10-12-20(7-2)25(19)28-26(31)24-18(5)29(16(3)15-23(24)30)17(4)21-13-8-9-14-22(21)27/h8-15,17H,6-7H2,1-5H3,(H,28,31). The van der Waals surface area contributed by atoms with Crippen molar-refractivity contribution in [1.82, 2.24) is 4.57 Å². The molecule has 1 unspecified atom stereocenters. The van der Waals surface area contributed by atoms with Crippen LogP contribution in [0.15, 0.2) is 53.3 Å². The number of nitrogens with one attached hydrogen (secondary N) is 1. The second-order valence-electron chi connectivity index (χ2n) is 7.79. The maximum absolute atomic E-state index is 13.3. The predicted molar refractivity (Wildman–Crippen MR) is 129 cm³/mol. The van der Waals surface area contributed by atoms with E-state index in [0.717, 1.165) is 40.9 Å². The van der Waals surface area contributed by atoms with Crippen LogP contribution in [0.4, 0.5) is 5.69 Å². The molecule has 0 spiro atoms. The van der Waals surface area contributed by atoms with Gasteiger partial charge in [0, 0.05) is 28.2 Å². The van der Waals surface area contributed by atoms with Crippen LogP contribution in [-0.2, 0) is 12.8 Å². The number of carbonyl (C=O) groups excluding carboxylic acids is 1. The van der Waals surface area contributed by atoms with E-state index in [0.29, 0.717) is 10.7 Å². The number of para-hydroxylation sites is 1. The molecule has 1 amide bonds. The van der Waals surface area contributed by atoms with Crippen molar-refractivity contribution in [3.63, 3.8) is 0 Å². The number of aromatic nitrogens is 1. The fourth-order valence-corrected chi connectivity index (χ4v) is 4.59. The Kier molecular flexibility index (Phi) is 7.01. The van der Waals surface area contributed by atoms with E-state index < -0.39 is 0 Å². The average molecular weight is 437 g/mol. The molecule has 3 rings (SSSR count). The Morgan fingerprint density at radius 2 is 1.65 bits per heavy atom. The molecule has 5 heteroatoms. The number of pyridine rings is 1. The molecule has 2 aromatic carbocycles. The van der Waals surface area contributed by atoms with Crippen molar-refractivity contribution in [2.75, 3.05) is 5.32 Å². The number of hydrogen-bond donors (Lipinski definition) is 1. The third-order valence-electron chi connectivity index (χ3n) is 5.90. The monoisotopic (exact) mass is 436 g/mol. The molecule has 31 heavy (non-hydrogen) atoms. The smallest absolute Gasteiger partial charge is 0.261 e. The number of hydrogen-bond acceptors (Lipinski definition) is 2. The fraction of sp³-hybridized carbons (Fsp3) is 0.308. The van der Waals surface area contributed by atoms with Crippen LogP contribution in [-0.4, -0.2) is 10.5 Å². The van der Waals surface area contributed by atoms with E-state index in [1.54, 1.807) is 0 Å². The quantitative estimate of drug-likeness (QED) is 0.507. The van der Waals surface area contributed by atoms with Gasteiger partial charge in [0.25, 0.3) is 5.91 Å². The first-order valence-corrected chi connectivity index (χ1v) is 11.1. The molecule has 3 aromatic rings. The van der Waals surface area contributed by atoms with Gasteiger partial charge >= 0.3 is 0 Å². The summed E-state index contributed by atoms with van der Waals surface area (Å²) in [5, 5.41) is 3.69. The van der Waals surface area contributed by atoms with E-state index in [1.807, 2.05) is 67.8 Å². The van der Waals surface area contributed by atoms with Crippen molar-refractivity contribution in [1.29, 1.82) is 0 Å². The molecule has 0 aliphatic rings. The van der Waals surface area contributed by atoms with E-state index in [-0.39, 0.29) is 22.9 Å². The third-order valence-corrected chi connectivity index (χ3v) is 6.24. The molecular weight excluding hydrogens is 408 g/mol. The number of rotatable bonds is 6. The molecule has 4 nitrogen and oxygen atoms in total. The molecule has 0 saturated heterocycles. The summed E-state index contributed by atoms with van der Waals surface area (Å²) in [4.78, 5) is 26.2. The van der Waals surface area contributed by atoms with Gasteiger partial charge in [-0.3, -0.25) is 9.59 Å². The molecule has 162 valence electrons. The zero-order valence-corrected chi connectivity index (χ0v) is 19.5. The lowest BCUT2D eigenvalue weighted by atomic mass is 10.0. The molecule has 1 atom stereocenters. The molecule has 0 saturated carbocycles. The first-order valence-electron chi connectivity index (χ1n) is 10.7. The van der Waals surface area contributed by atoms with Crippen molar-refractivity contribution in [3.05, 3.63) is 97.4 Å². The minimum absolute atomic E-state index is 0.130. The second kappa shape index (κ2) is 9.52. The van der Waals surface area contributed by atoms with E-state index in [9.17, 15) is 9.59 Å². The number of amides is 1. The summed E-state index contributed by atoms with van der Waals surface area (Å²) >= 11 is 6.43. The highest BCUT2D eigenvalue weighted by Gasteiger charge is 2.22. The number of halogens is 1. The lowest BCUT2D eigenvalue weighted by Crippen LogP contribution is -2.29. The highest BCUT2D eigenvalue weighted by atomic mass is 35.5. The van der Waals surface area contributed by atoms with Crippen LogP contribution in [0.1, 0.15) is 65.2 Å². The summed E-state index contributed by atoms with van der Waals surface area (Å²) in [6.45, 7) is 9.84. The molecule has 1 heterocycles. The molecule has 0 aliphatic carbocycles. The van der Waals surface area contributed by atoms with E-state index in [1.165, 1.54) is 6.07 Å². The van der Waals surface area contributed by atoms with Crippen LogP contribution in [0.3, 0.4) is 0 Å². The highest BCUT2D eigenvalue weighted by Crippen LogP contribution is 2.29. The molecule has 1 aromatic heterocycles. The van der Waals surface area contributed by atoms with Gasteiger partial charge in [0.1, 0.15) is 5.56 Å². The number of nitrogens with zero attached hydrogens (tertiary/aromatic N) is 1. The largest absolute Gasteiger partial charge is 0.341 e. The first-order chi connectivity index (χ1) is 14.8. The first kappa shape index (κ1) is 22.8. The predicted octanol–water partition coefficient (Wildman–Crippen LogP) is 6.10. The number of anilines is 1. The van der Waals surface area contributed by atoms with Gasteiger partial charge in [-0.15, -0.1) is 0 Å². The molecule has 0 bridgehead atoms. The van der Waals surface area contributed by atoms with Crippen LogP contribution in [0, 0.1) is 13.8 Å². The number of benzene rings is 2. The van der Waals surface area contributed by atoms with Crippen LogP contribution >= 0.6 is 11.6 Å². The Labute approximate surface area is 188 Å². The van der Waals surface area contributed by atoms with E-state index >= 15 is 0 Å². The zero-order chi connectivity index (χ0) is 22.7. The molecule has 0 aliphatic heterocycles. The fourth-order valence-electron chi connectivity index (χ4n) is 4.30. The van der Waals surface area contributed by atoms with Gasteiger partial charge in [-0.2, -0.15) is 0 Å². The maximum Gasteiger partial charge on any atom is 0.261 e. The zero-order valence-electron chi connectivity index (χ0n) is 18.8. The average Bonchev–Trinajstić information content (AvgIpc) is 2.73. The lowest BCUT2D eigenvalue weighted by molar-refractivity contribution is 0.102. The maximum atomic E-state index is 13.3. The Morgan fingerprint density at radius 3 is 2.23 bits per heavy atom. The van der Waals surface area contributed by atoms with Gasteiger partial charge in [-0.25, -0.2) is 0 Å². The Hall–Kier alpha value is -2.85. The molecule has 0 fully saturated rings. The third kappa shape index (κ3) is 4.45. The number of carbonyl (C=O) groups is 1. The van der Waals surface area contributed by atoms with Crippen molar-refractivity contribution in [2.24, 2.45) is 0 Å². The summed E-state index contributed by atoms with van der Waals surface area (Å²) in [5.41, 5.74) is 5.17. The van der Waals surface area contributed by atoms with E-state index in [2.05, 4.69) is 19.2 Å². The minimum atomic E-state index is -0.377. The van der Waals surface area contributed by atoms with Crippen LogP contribution in [0.25, 0.3) is 0 Å². The van der Waals surface area contributed by atoms with Crippen molar-refractivity contribution in [3.8, 4) is 0 Å². The Morgan fingerprint density at radius 1 is 1.03 bits per heavy atom. The van der Waals surface area contributed by atoms with Gasteiger partial charge in [0.15, 0.2) is 5.43 Å². The second-order valence-corrected chi connectivity index (χ2v) is 8.20. The van der Waals surface area contributed by atoms with Crippen LogP contribution in [0.5, 0.6) is 0 Å². The molecular formula is C26H29ClN2O2. The Bertz CT molecular complexity index is 1160. The molecule has 1 N–H and O–H groups in total. The van der Waals surface area contributed by atoms with Crippen molar-refractivity contribution >= 4 is 23.2 Å². The Balaban J connectivity index is 2.10. The van der Waals surface area contributed by atoms with Gasteiger partial charge in [0.05, 0.1) is 6.04 Å². The van der Waals surface area contributed by atoms with Gasteiger partial charge < -0.3 is 9.88 Å². The molecule has 0 radical (unpaired) electrons. The topological polar surface area (TPSA) is 51.1 Å². The normalized spacial score (nSPS) is 11.9. The van der Waals surface area contributed by atoms with Crippen LogP contribution < -0.4 is 10.7 Å². The summed E-state index contributed by atoms with van der Waals surface area (Å²) in [6.07, 6.45) is 1.59. The summed E-state index contributed by atoms with van der Waals surface area (Å²) in [5.74, 6) is -0.377. The van der Waals surface area contributed by atoms with Gasteiger partial charge in [-0.1, -0.05) is 61.8 Å². The highest BCUT2D eigenvalue weighted by molar-refractivity contribution is 6.31. The van der Waals surface area contributed by atoms with Crippen molar-refractivity contribution < 1.29 is 4.79 Å². The SMILES string of the molecule is CCc1cccc(CC)c1NC(=O)c1c(C)n(C(C)c2ccccc2Cl)c(C)cc1=O.